The first-order valence-corrected chi connectivity index (χ1v) is 22.4. The first kappa shape index (κ1) is 55.7. The maximum absolute atomic E-state index is 3.57. The summed E-state index contributed by atoms with van der Waals surface area (Å²) in [6.45, 7) is 38.2. The van der Waals surface area contributed by atoms with Gasteiger partial charge in [-0.2, -0.15) is 113 Å². The molecule has 0 spiro atoms. The molecule has 0 fully saturated rings. The number of benzene rings is 4. The number of fused-ring (bicyclic) bond motifs is 3. The molecule has 0 bridgehead atoms. The van der Waals surface area contributed by atoms with E-state index in [0.29, 0.717) is 11.3 Å². The van der Waals surface area contributed by atoms with Crippen LogP contribution in [0.1, 0.15) is 164 Å². The normalized spacial score (nSPS) is 14.2. The van der Waals surface area contributed by atoms with Gasteiger partial charge in [0.15, 0.2) is 0 Å². The Labute approximate surface area is 385 Å². The Balaban J connectivity index is 0.000000767. The third-order valence-electron chi connectivity index (χ3n) is 10.3. The van der Waals surface area contributed by atoms with Gasteiger partial charge in [-0.05, 0) is 28.2 Å². The molecule has 3 heteroatoms. The molecule has 1 atom stereocenters. The average Bonchev–Trinajstić information content (AvgIpc) is 3.74. The van der Waals surface area contributed by atoms with E-state index in [1.165, 1.54) is 86.3 Å². The van der Waals surface area contributed by atoms with Gasteiger partial charge in [0.25, 0.3) is 0 Å². The van der Waals surface area contributed by atoms with Gasteiger partial charge < -0.3 is 0 Å². The standard InChI is InChI=1S/C21H25.C13H21.2C10H13.CH2.2ClH.Zr/c1-20(2,3)16-9-7-14-11-15-8-10-17(21(4,5)6)13-19(15)18(14)12-16;1-6-10-8-11(7-2)12(9-10)13(3,4)5;2*1-10(2,3)9-7-5-4-6-8-9;;;;/h7,9-10,12-13H,11H2,1-6H3;9-10H,6-7H2,1-5H3;2*5-8H,1-3H3;1H2;2*1H;/q4*-1;;;;. The van der Waals surface area contributed by atoms with Crippen LogP contribution < -0.4 is 0 Å². The van der Waals surface area contributed by atoms with Crippen LogP contribution in [0.15, 0.2) is 96.1 Å². The molecule has 6 rings (SSSR count). The number of hydrogen-bond donors (Lipinski definition) is 0. The van der Waals surface area contributed by atoms with Crippen LogP contribution in [0, 0.1) is 35.6 Å². The van der Waals surface area contributed by atoms with E-state index in [-0.39, 0.29) is 46.5 Å². The molecule has 2 aliphatic rings. The van der Waals surface area contributed by atoms with Crippen molar-refractivity contribution in [2.24, 2.45) is 11.3 Å². The summed E-state index contributed by atoms with van der Waals surface area (Å²) in [4.78, 5) is 0. The van der Waals surface area contributed by atoms with Crippen LogP contribution in [0.5, 0.6) is 0 Å². The molecule has 0 amide bonds. The fraction of sp³-hybridized carbons (Fsp3) is 0.473. The minimum absolute atomic E-state index is 0. The van der Waals surface area contributed by atoms with Gasteiger partial charge in [0.1, 0.15) is 0 Å². The van der Waals surface area contributed by atoms with Crippen molar-refractivity contribution >= 4 is 29.0 Å². The van der Waals surface area contributed by atoms with E-state index in [1.807, 2.05) is 24.3 Å². The summed E-state index contributed by atoms with van der Waals surface area (Å²) >= 11 is 1.30. The second-order valence-electron chi connectivity index (χ2n) is 20.2. The zero-order valence-corrected chi connectivity index (χ0v) is 43.4. The van der Waals surface area contributed by atoms with Gasteiger partial charge >= 0.3 is 28.4 Å². The fourth-order valence-corrected chi connectivity index (χ4v) is 6.62. The molecule has 4 aromatic rings. The summed E-state index contributed by atoms with van der Waals surface area (Å²) < 4.78 is 3.34. The molecule has 0 nitrogen and oxygen atoms in total. The average molecular weight is 899 g/mol. The molecule has 0 aliphatic heterocycles. The monoisotopic (exact) mass is 896 g/mol. The molecule has 58 heavy (non-hydrogen) atoms. The minimum atomic E-state index is 0. The zero-order chi connectivity index (χ0) is 42.7. The third kappa shape index (κ3) is 17.0. The van der Waals surface area contributed by atoms with Gasteiger partial charge in [0.05, 0.1) is 0 Å². The zero-order valence-electron chi connectivity index (χ0n) is 39.3. The summed E-state index contributed by atoms with van der Waals surface area (Å²) in [6, 6.07) is 37.4. The van der Waals surface area contributed by atoms with Crippen LogP contribution in [-0.4, -0.2) is 4.21 Å². The van der Waals surface area contributed by atoms with Crippen LogP contribution in [0.25, 0.3) is 11.1 Å². The van der Waals surface area contributed by atoms with Crippen LogP contribution in [0.2, 0.25) is 0 Å². The number of halogens is 2. The van der Waals surface area contributed by atoms with Crippen molar-refractivity contribution < 1.29 is 24.2 Å². The summed E-state index contributed by atoms with van der Waals surface area (Å²) in [5.74, 6) is 0.573. The van der Waals surface area contributed by atoms with Crippen molar-refractivity contribution in [2.75, 3.05) is 0 Å². The molecular weight excluding hydrogens is 823 g/mol. The van der Waals surface area contributed by atoms with E-state index in [2.05, 4.69) is 207 Å². The Kier molecular flexibility index (Phi) is 22.7. The summed E-state index contributed by atoms with van der Waals surface area (Å²) in [5.41, 5.74) is 15.3. The van der Waals surface area contributed by atoms with Crippen LogP contribution >= 0.6 is 24.8 Å². The molecular formula is C55H76Cl2Zr-4. The SMILES string of the molecule is CC(C)(C)c1c[c-]c2c(c1)-c1cc(C(C)(C)C)ccc1C2.CC(C)(C)c1cc[c-]cc1.CC(C)(C)c1cc[c-]cc1.CCC1=[C-]C(CC)C=C1C(C)(C)C.Cl.Cl.[CH2]=[Zr]. The van der Waals surface area contributed by atoms with E-state index < -0.39 is 0 Å². The number of rotatable bonds is 2. The Morgan fingerprint density at radius 2 is 1.00 bits per heavy atom. The van der Waals surface area contributed by atoms with Crippen molar-refractivity contribution in [2.45, 2.75) is 159 Å². The van der Waals surface area contributed by atoms with Crippen molar-refractivity contribution in [1.29, 1.82) is 0 Å². The summed E-state index contributed by atoms with van der Waals surface area (Å²) in [6.07, 6.45) is 9.31. The molecule has 0 N–H and O–H groups in total. The summed E-state index contributed by atoms with van der Waals surface area (Å²) in [7, 11) is 0. The quantitative estimate of drug-likeness (QED) is 0.155. The topological polar surface area (TPSA) is 0 Å². The van der Waals surface area contributed by atoms with Gasteiger partial charge in [-0.1, -0.05) is 177 Å². The van der Waals surface area contributed by atoms with E-state index in [1.54, 1.807) is 0 Å². The van der Waals surface area contributed by atoms with Crippen LogP contribution in [0.3, 0.4) is 0 Å². The van der Waals surface area contributed by atoms with Crippen LogP contribution in [0.4, 0.5) is 0 Å². The van der Waals surface area contributed by atoms with E-state index in [9.17, 15) is 0 Å². The third-order valence-corrected chi connectivity index (χ3v) is 10.3. The second-order valence-corrected chi connectivity index (χ2v) is 20.2. The Morgan fingerprint density at radius 3 is 1.34 bits per heavy atom. The van der Waals surface area contributed by atoms with E-state index >= 15 is 0 Å². The Hall–Kier alpha value is -2.31. The van der Waals surface area contributed by atoms with Crippen LogP contribution in [-0.2, 0) is 52.3 Å². The molecule has 0 heterocycles. The molecule has 318 valence electrons. The van der Waals surface area contributed by atoms with E-state index in [0.717, 1.165) is 12.8 Å². The maximum atomic E-state index is 3.57. The number of hydrogen-bond acceptors (Lipinski definition) is 0. The van der Waals surface area contributed by atoms with Crippen molar-refractivity contribution in [3.8, 4) is 11.1 Å². The molecule has 0 aromatic heterocycles. The molecule has 0 saturated carbocycles. The van der Waals surface area contributed by atoms with Gasteiger partial charge in [0, 0.05) is 0 Å². The molecule has 0 saturated heterocycles. The molecule has 1 unspecified atom stereocenters. The predicted octanol–water partition coefficient (Wildman–Crippen LogP) is 16.2. The van der Waals surface area contributed by atoms with Crippen molar-refractivity contribution in [1.82, 2.24) is 0 Å². The summed E-state index contributed by atoms with van der Waals surface area (Å²) in [5, 5.41) is 0. The fourth-order valence-electron chi connectivity index (χ4n) is 6.62. The van der Waals surface area contributed by atoms with Crippen molar-refractivity contribution in [3.63, 3.8) is 0 Å². The second kappa shape index (κ2) is 23.6. The van der Waals surface area contributed by atoms with Gasteiger partial charge in [-0.3, -0.25) is 6.08 Å². The molecule has 2 aliphatic carbocycles. The first-order chi connectivity index (χ1) is 25.9. The van der Waals surface area contributed by atoms with Gasteiger partial charge in [0.2, 0.25) is 0 Å². The van der Waals surface area contributed by atoms with Crippen molar-refractivity contribution in [3.05, 3.63) is 154 Å². The van der Waals surface area contributed by atoms with Gasteiger partial charge in [-0.25, -0.2) is 5.57 Å². The molecule has 0 radical (unpaired) electrons. The molecule has 4 aromatic carbocycles. The Bertz CT molecular complexity index is 1750. The predicted molar refractivity (Wildman–Crippen MR) is 259 cm³/mol. The van der Waals surface area contributed by atoms with E-state index in [4.69, 9.17) is 0 Å². The Morgan fingerprint density at radius 1 is 0.569 bits per heavy atom. The number of allylic oxidation sites excluding steroid dienone is 4. The first-order valence-electron chi connectivity index (χ1n) is 20.7. The van der Waals surface area contributed by atoms with Gasteiger partial charge in [-0.15, -0.1) is 30.4 Å².